The summed E-state index contributed by atoms with van der Waals surface area (Å²) in [6.07, 6.45) is -3.53. The summed E-state index contributed by atoms with van der Waals surface area (Å²) >= 11 is 0. The van der Waals surface area contributed by atoms with Gasteiger partial charge < -0.3 is 4.74 Å². The highest BCUT2D eigenvalue weighted by Crippen LogP contribution is 2.31. The van der Waals surface area contributed by atoms with Crippen molar-refractivity contribution in [3.05, 3.63) is 29.1 Å². The van der Waals surface area contributed by atoms with Crippen molar-refractivity contribution in [3.8, 4) is 0 Å². The molecule has 0 aromatic carbocycles. The standard InChI is InChI=1S/C12H14F3N5O2/c1-7-17-8(2)20(18-7)5-10(21)22-6-9-4-16-19(3)11(9)12(13,14)15/h4H,5-6H2,1-3H3. The van der Waals surface area contributed by atoms with Gasteiger partial charge in [-0.05, 0) is 13.8 Å². The zero-order chi connectivity index (χ0) is 16.5. The van der Waals surface area contributed by atoms with Crippen LogP contribution in [0, 0.1) is 13.8 Å². The Bertz CT molecular complexity index is 689. The van der Waals surface area contributed by atoms with Gasteiger partial charge in [0.05, 0.1) is 6.20 Å². The van der Waals surface area contributed by atoms with E-state index in [2.05, 4.69) is 15.2 Å². The summed E-state index contributed by atoms with van der Waals surface area (Å²) in [6.45, 7) is 2.61. The predicted octanol–water partition coefficient (Wildman–Crippen LogP) is 1.39. The van der Waals surface area contributed by atoms with Crippen molar-refractivity contribution < 1.29 is 22.7 Å². The number of halogens is 3. The number of ether oxygens (including phenoxy) is 1. The van der Waals surface area contributed by atoms with Gasteiger partial charge in [-0.3, -0.25) is 9.48 Å². The Labute approximate surface area is 123 Å². The summed E-state index contributed by atoms with van der Waals surface area (Å²) < 4.78 is 45.4. The fraction of sp³-hybridized carbons (Fsp3) is 0.500. The summed E-state index contributed by atoms with van der Waals surface area (Å²) in [4.78, 5) is 15.7. The largest absolute Gasteiger partial charge is 0.459 e. The minimum absolute atomic E-state index is 0.199. The number of aryl methyl sites for hydroxylation is 3. The smallest absolute Gasteiger partial charge is 0.433 e. The van der Waals surface area contributed by atoms with E-state index in [1.807, 2.05) is 0 Å². The molecule has 22 heavy (non-hydrogen) atoms. The van der Waals surface area contributed by atoms with Gasteiger partial charge >= 0.3 is 12.1 Å². The fourth-order valence-corrected chi connectivity index (χ4v) is 1.99. The molecule has 0 bridgehead atoms. The Hall–Kier alpha value is -2.39. The van der Waals surface area contributed by atoms with Gasteiger partial charge in [0.1, 0.15) is 30.5 Å². The molecule has 0 aliphatic rings. The number of alkyl halides is 3. The van der Waals surface area contributed by atoms with Crippen molar-refractivity contribution in [2.24, 2.45) is 7.05 Å². The Balaban J connectivity index is 2.02. The monoisotopic (exact) mass is 317 g/mol. The summed E-state index contributed by atoms with van der Waals surface area (Å²) in [5, 5.41) is 7.51. The van der Waals surface area contributed by atoms with Gasteiger partial charge in [0.2, 0.25) is 0 Å². The molecule has 0 aliphatic heterocycles. The Kier molecular flexibility index (Phi) is 4.20. The number of carbonyl (C=O) groups is 1. The molecule has 0 unspecified atom stereocenters. The molecule has 0 fully saturated rings. The maximum absolute atomic E-state index is 12.8. The molecule has 0 radical (unpaired) electrons. The molecule has 0 N–H and O–H groups in total. The molecule has 7 nitrogen and oxygen atoms in total. The molecule has 0 amide bonds. The van der Waals surface area contributed by atoms with E-state index >= 15 is 0 Å². The van der Waals surface area contributed by atoms with Crippen LogP contribution in [0.5, 0.6) is 0 Å². The second-order valence-corrected chi connectivity index (χ2v) is 4.66. The van der Waals surface area contributed by atoms with E-state index < -0.39 is 24.4 Å². The van der Waals surface area contributed by atoms with Gasteiger partial charge in [-0.2, -0.15) is 23.4 Å². The molecule has 10 heteroatoms. The van der Waals surface area contributed by atoms with Gasteiger partial charge in [-0.1, -0.05) is 0 Å². The van der Waals surface area contributed by atoms with Crippen molar-refractivity contribution in [3.63, 3.8) is 0 Å². The Morgan fingerprint density at radius 3 is 2.59 bits per heavy atom. The number of aromatic nitrogens is 5. The number of hydrogen-bond donors (Lipinski definition) is 0. The first-order valence-corrected chi connectivity index (χ1v) is 6.30. The van der Waals surface area contributed by atoms with Crippen LogP contribution in [0.25, 0.3) is 0 Å². The van der Waals surface area contributed by atoms with Crippen LogP contribution in [0.15, 0.2) is 6.20 Å². The van der Waals surface area contributed by atoms with E-state index in [0.29, 0.717) is 16.3 Å². The van der Waals surface area contributed by atoms with Crippen LogP contribution in [0.4, 0.5) is 13.2 Å². The third-order valence-electron chi connectivity index (χ3n) is 2.91. The van der Waals surface area contributed by atoms with E-state index in [1.54, 1.807) is 13.8 Å². The summed E-state index contributed by atoms with van der Waals surface area (Å²) in [5.41, 5.74) is -1.14. The fourth-order valence-electron chi connectivity index (χ4n) is 1.99. The zero-order valence-corrected chi connectivity index (χ0v) is 12.2. The number of nitrogens with zero attached hydrogens (tertiary/aromatic N) is 5. The zero-order valence-electron chi connectivity index (χ0n) is 12.2. The van der Waals surface area contributed by atoms with E-state index in [0.717, 1.165) is 6.20 Å². The third-order valence-corrected chi connectivity index (χ3v) is 2.91. The number of esters is 1. The Morgan fingerprint density at radius 2 is 2.05 bits per heavy atom. The first-order chi connectivity index (χ1) is 10.2. The maximum Gasteiger partial charge on any atom is 0.433 e. The van der Waals surface area contributed by atoms with Gasteiger partial charge in [0.15, 0.2) is 0 Å². The quantitative estimate of drug-likeness (QED) is 0.797. The SMILES string of the molecule is Cc1nc(C)n(CC(=O)OCc2cnn(C)c2C(F)(F)F)n1. The molecule has 120 valence electrons. The lowest BCUT2D eigenvalue weighted by Crippen LogP contribution is -2.18. The van der Waals surface area contributed by atoms with Crippen molar-refractivity contribution in [1.82, 2.24) is 24.5 Å². The van der Waals surface area contributed by atoms with E-state index in [4.69, 9.17) is 4.74 Å². The van der Waals surface area contributed by atoms with Gasteiger partial charge in [-0.15, -0.1) is 0 Å². The summed E-state index contributed by atoms with van der Waals surface area (Å²) in [6, 6.07) is 0. The van der Waals surface area contributed by atoms with Crippen molar-refractivity contribution in [1.29, 1.82) is 0 Å². The molecule has 0 saturated carbocycles. The first kappa shape index (κ1) is 16.0. The van der Waals surface area contributed by atoms with Crippen LogP contribution in [0.3, 0.4) is 0 Å². The molecule has 2 aromatic heterocycles. The molecule has 2 heterocycles. The average molecular weight is 317 g/mol. The molecule has 2 aromatic rings. The summed E-state index contributed by atoms with van der Waals surface area (Å²) in [5.74, 6) is 0.314. The Morgan fingerprint density at radius 1 is 1.36 bits per heavy atom. The molecule has 2 rings (SSSR count). The van der Waals surface area contributed by atoms with E-state index in [1.165, 1.54) is 11.7 Å². The average Bonchev–Trinajstić information content (AvgIpc) is 2.89. The van der Waals surface area contributed by atoms with E-state index in [-0.39, 0.29) is 12.1 Å². The number of rotatable bonds is 4. The predicted molar refractivity (Wildman–Crippen MR) is 67.5 cm³/mol. The van der Waals surface area contributed by atoms with Gasteiger partial charge in [0, 0.05) is 12.6 Å². The van der Waals surface area contributed by atoms with Crippen LogP contribution >= 0.6 is 0 Å². The molecular formula is C12H14F3N5O2. The molecular weight excluding hydrogens is 303 g/mol. The lowest BCUT2D eigenvalue weighted by molar-refractivity contribution is -0.150. The van der Waals surface area contributed by atoms with Gasteiger partial charge in [-0.25, -0.2) is 9.67 Å². The number of hydrogen-bond acceptors (Lipinski definition) is 5. The van der Waals surface area contributed by atoms with Crippen LogP contribution in [0.2, 0.25) is 0 Å². The van der Waals surface area contributed by atoms with E-state index in [9.17, 15) is 18.0 Å². The van der Waals surface area contributed by atoms with Gasteiger partial charge in [0.25, 0.3) is 0 Å². The first-order valence-electron chi connectivity index (χ1n) is 6.30. The minimum atomic E-state index is -4.56. The molecule has 0 aliphatic carbocycles. The highest BCUT2D eigenvalue weighted by atomic mass is 19.4. The number of carbonyl (C=O) groups excluding carboxylic acids is 1. The van der Waals surface area contributed by atoms with Crippen molar-refractivity contribution >= 4 is 5.97 Å². The second-order valence-electron chi connectivity index (χ2n) is 4.66. The lowest BCUT2D eigenvalue weighted by Gasteiger charge is -2.10. The molecule has 0 saturated heterocycles. The van der Waals surface area contributed by atoms with Crippen molar-refractivity contribution in [2.75, 3.05) is 0 Å². The topological polar surface area (TPSA) is 74.8 Å². The van der Waals surface area contributed by atoms with Crippen LogP contribution in [-0.2, 0) is 35.9 Å². The third kappa shape index (κ3) is 3.43. The normalized spacial score (nSPS) is 11.7. The minimum Gasteiger partial charge on any atom is -0.459 e. The maximum atomic E-state index is 12.8. The van der Waals surface area contributed by atoms with Crippen LogP contribution < -0.4 is 0 Å². The highest BCUT2D eigenvalue weighted by molar-refractivity contribution is 5.69. The van der Waals surface area contributed by atoms with Crippen LogP contribution in [0.1, 0.15) is 22.9 Å². The molecule has 0 atom stereocenters. The molecule has 0 spiro atoms. The van der Waals surface area contributed by atoms with Crippen molar-refractivity contribution in [2.45, 2.75) is 33.2 Å². The lowest BCUT2D eigenvalue weighted by atomic mass is 10.2. The van der Waals surface area contributed by atoms with Crippen LogP contribution in [-0.4, -0.2) is 30.5 Å². The highest BCUT2D eigenvalue weighted by Gasteiger charge is 2.37. The summed E-state index contributed by atoms with van der Waals surface area (Å²) in [7, 11) is 1.18. The second kappa shape index (κ2) is 5.78.